The van der Waals surface area contributed by atoms with Gasteiger partial charge in [-0.3, -0.25) is 9.89 Å². The maximum atomic E-state index is 11.4. The van der Waals surface area contributed by atoms with E-state index in [1.807, 2.05) is 12.1 Å². The Balaban J connectivity index is 2.35. The average Bonchev–Trinajstić information content (AvgIpc) is 2.66. The molecule has 2 rings (SSSR count). The summed E-state index contributed by atoms with van der Waals surface area (Å²) in [6.07, 6.45) is 1.71. The molecule has 2 aromatic rings. The van der Waals surface area contributed by atoms with Crippen molar-refractivity contribution in [3.8, 4) is 0 Å². The number of nitrogens with one attached hydrogen (secondary N) is 2. The fraction of sp³-hybridized carbons (Fsp3) is 0.200. The lowest BCUT2D eigenvalue weighted by atomic mass is 10.2. The number of hydrogen-bond donors (Lipinski definition) is 3. The van der Waals surface area contributed by atoms with Gasteiger partial charge in [0.2, 0.25) is 5.91 Å². The molecular formula is C10H12N4O. The summed E-state index contributed by atoms with van der Waals surface area (Å²) < 4.78 is 0. The van der Waals surface area contributed by atoms with Crippen molar-refractivity contribution >= 4 is 22.5 Å². The van der Waals surface area contributed by atoms with Gasteiger partial charge in [0.1, 0.15) is 0 Å². The number of nitrogens with two attached hydrogens (primary N) is 1. The molecule has 15 heavy (non-hydrogen) atoms. The van der Waals surface area contributed by atoms with E-state index in [1.54, 1.807) is 19.2 Å². The summed E-state index contributed by atoms with van der Waals surface area (Å²) >= 11 is 0. The number of fused-ring (bicyclic) bond motifs is 1. The van der Waals surface area contributed by atoms with Gasteiger partial charge in [0, 0.05) is 5.39 Å². The topological polar surface area (TPSA) is 83.8 Å². The van der Waals surface area contributed by atoms with Crippen molar-refractivity contribution in [1.29, 1.82) is 0 Å². The summed E-state index contributed by atoms with van der Waals surface area (Å²) in [4.78, 5) is 11.4. The summed E-state index contributed by atoms with van der Waals surface area (Å²) in [5, 5.41) is 10.4. The molecule has 5 nitrogen and oxygen atoms in total. The van der Waals surface area contributed by atoms with Gasteiger partial charge in [-0.15, -0.1) is 0 Å². The fourth-order valence-corrected chi connectivity index (χ4v) is 1.32. The van der Waals surface area contributed by atoms with Gasteiger partial charge < -0.3 is 11.1 Å². The van der Waals surface area contributed by atoms with Crippen molar-refractivity contribution in [2.45, 2.75) is 13.0 Å². The highest BCUT2D eigenvalue weighted by atomic mass is 16.2. The number of para-hydroxylation sites is 1. The zero-order valence-electron chi connectivity index (χ0n) is 8.32. The van der Waals surface area contributed by atoms with Crippen LogP contribution in [0.3, 0.4) is 0 Å². The lowest BCUT2D eigenvalue weighted by Gasteiger charge is -2.07. The number of amides is 1. The molecule has 0 aliphatic rings. The number of aromatic nitrogens is 2. The predicted octanol–water partition coefficient (Wildman–Crippen LogP) is 0.849. The number of anilines is 1. The zero-order chi connectivity index (χ0) is 10.8. The zero-order valence-corrected chi connectivity index (χ0v) is 8.32. The summed E-state index contributed by atoms with van der Waals surface area (Å²) in [6.45, 7) is 1.64. The molecule has 0 aliphatic carbocycles. The SMILES string of the molecule is CC(N)C(=O)Nc1cccc2cn[nH]c12. The molecule has 0 radical (unpaired) electrons. The van der Waals surface area contributed by atoms with Crippen LogP contribution < -0.4 is 11.1 Å². The van der Waals surface area contributed by atoms with Crippen LogP contribution in [0.2, 0.25) is 0 Å². The number of benzene rings is 1. The number of hydrogen-bond acceptors (Lipinski definition) is 3. The molecule has 5 heteroatoms. The van der Waals surface area contributed by atoms with E-state index in [-0.39, 0.29) is 5.91 Å². The number of nitrogens with zero attached hydrogens (tertiary/aromatic N) is 1. The van der Waals surface area contributed by atoms with Crippen molar-refractivity contribution < 1.29 is 4.79 Å². The lowest BCUT2D eigenvalue weighted by molar-refractivity contribution is -0.117. The Kier molecular flexibility index (Phi) is 2.39. The van der Waals surface area contributed by atoms with Crippen LogP contribution in [0.25, 0.3) is 10.9 Å². The fourth-order valence-electron chi connectivity index (χ4n) is 1.32. The standard InChI is InChI=1S/C10H12N4O/c1-6(11)10(15)13-8-4-2-3-7-5-12-14-9(7)8/h2-6H,11H2,1H3,(H,12,14)(H,13,15). The van der Waals surface area contributed by atoms with Crippen LogP contribution in [0.4, 0.5) is 5.69 Å². The number of carbonyl (C=O) groups is 1. The van der Waals surface area contributed by atoms with Crippen LogP contribution in [0, 0.1) is 0 Å². The van der Waals surface area contributed by atoms with Gasteiger partial charge in [0.05, 0.1) is 23.4 Å². The molecule has 78 valence electrons. The minimum atomic E-state index is -0.525. The second kappa shape index (κ2) is 3.70. The van der Waals surface area contributed by atoms with Gasteiger partial charge >= 0.3 is 0 Å². The highest BCUT2D eigenvalue weighted by molar-refractivity contribution is 6.01. The molecule has 1 aromatic heterocycles. The quantitative estimate of drug-likeness (QED) is 0.678. The molecule has 0 saturated carbocycles. The third-order valence-electron chi connectivity index (χ3n) is 2.15. The number of carbonyl (C=O) groups excluding carboxylic acids is 1. The van der Waals surface area contributed by atoms with E-state index in [1.165, 1.54) is 0 Å². The number of aromatic amines is 1. The van der Waals surface area contributed by atoms with E-state index in [4.69, 9.17) is 5.73 Å². The molecule has 1 amide bonds. The first-order valence-corrected chi connectivity index (χ1v) is 4.67. The van der Waals surface area contributed by atoms with Gasteiger partial charge in [0.25, 0.3) is 0 Å². The lowest BCUT2D eigenvalue weighted by Crippen LogP contribution is -2.32. The molecular weight excluding hydrogens is 192 g/mol. The Bertz CT molecular complexity index is 489. The van der Waals surface area contributed by atoms with Crippen LogP contribution in [-0.4, -0.2) is 22.1 Å². The maximum absolute atomic E-state index is 11.4. The first-order chi connectivity index (χ1) is 7.18. The molecule has 1 atom stereocenters. The number of rotatable bonds is 2. The summed E-state index contributed by atoms with van der Waals surface area (Å²) in [7, 11) is 0. The van der Waals surface area contributed by atoms with Crippen LogP contribution in [0.1, 0.15) is 6.92 Å². The van der Waals surface area contributed by atoms with Crippen molar-refractivity contribution in [1.82, 2.24) is 10.2 Å². The summed E-state index contributed by atoms with van der Waals surface area (Å²) in [5.41, 5.74) is 6.98. The Hall–Kier alpha value is -1.88. The van der Waals surface area contributed by atoms with Gasteiger partial charge in [0.15, 0.2) is 0 Å². The van der Waals surface area contributed by atoms with Gasteiger partial charge in [-0.1, -0.05) is 12.1 Å². The molecule has 0 spiro atoms. The van der Waals surface area contributed by atoms with Crippen molar-refractivity contribution in [2.75, 3.05) is 5.32 Å². The van der Waals surface area contributed by atoms with Crippen LogP contribution in [-0.2, 0) is 4.79 Å². The Morgan fingerprint density at radius 1 is 1.60 bits per heavy atom. The van der Waals surface area contributed by atoms with Crippen molar-refractivity contribution in [3.05, 3.63) is 24.4 Å². The van der Waals surface area contributed by atoms with E-state index in [9.17, 15) is 4.79 Å². The van der Waals surface area contributed by atoms with Gasteiger partial charge in [-0.05, 0) is 13.0 Å². The van der Waals surface area contributed by atoms with E-state index in [0.29, 0.717) is 5.69 Å². The van der Waals surface area contributed by atoms with Gasteiger partial charge in [-0.2, -0.15) is 5.10 Å². The molecule has 0 aliphatic heterocycles. The highest BCUT2D eigenvalue weighted by Gasteiger charge is 2.09. The van der Waals surface area contributed by atoms with Crippen molar-refractivity contribution in [3.63, 3.8) is 0 Å². The molecule has 0 saturated heterocycles. The second-order valence-corrected chi connectivity index (χ2v) is 3.42. The van der Waals surface area contributed by atoms with Crippen molar-refractivity contribution in [2.24, 2.45) is 5.73 Å². The van der Waals surface area contributed by atoms with Crippen LogP contribution in [0.5, 0.6) is 0 Å². The minimum absolute atomic E-state index is 0.211. The normalized spacial score (nSPS) is 12.7. The average molecular weight is 204 g/mol. The smallest absolute Gasteiger partial charge is 0.241 e. The summed E-state index contributed by atoms with van der Waals surface area (Å²) in [5.74, 6) is -0.211. The third kappa shape index (κ3) is 1.82. The van der Waals surface area contributed by atoms with E-state index in [0.717, 1.165) is 10.9 Å². The van der Waals surface area contributed by atoms with E-state index in [2.05, 4.69) is 15.5 Å². The van der Waals surface area contributed by atoms with Crippen LogP contribution >= 0.6 is 0 Å². The monoisotopic (exact) mass is 204 g/mol. The number of H-pyrrole nitrogens is 1. The predicted molar refractivity (Wildman–Crippen MR) is 58.4 cm³/mol. The third-order valence-corrected chi connectivity index (χ3v) is 2.15. The largest absolute Gasteiger partial charge is 0.323 e. The molecule has 0 bridgehead atoms. The molecule has 1 unspecified atom stereocenters. The first-order valence-electron chi connectivity index (χ1n) is 4.67. The molecule has 1 aromatic carbocycles. The Labute approximate surface area is 86.7 Å². The first kappa shape index (κ1) is 9.67. The van der Waals surface area contributed by atoms with Gasteiger partial charge in [-0.25, -0.2) is 0 Å². The van der Waals surface area contributed by atoms with E-state index >= 15 is 0 Å². The molecule has 1 heterocycles. The minimum Gasteiger partial charge on any atom is -0.323 e. The maximum Gasteiger partial charge on any atom is 0.241 e. The summed E-state index contributed by atoms with van der Waals surface area (Å²) in [6, 6.07) is 5.05. The molecule has 4 N–H and O–H groups in total. The van der Waals surface area contributed by atoms with E-state index < -0.39 is 6.04 Å². The highest BCUT2D eigenvalue weighted by Crippen LogP contribution is 2.20. The second-order valence-electron chi connectivity index (χ2n) is 3.42. The Morgan fingerprint density at radius 2 is 2.40 bits per heavy atom. The molecule has 0 fully saturated rings. The van der Waals surface area contributed by atoms with Crippen LogP contribution in [0.15, 0.2) is 24.4 Å². The Morgan fingerprint density at radius 3 is 3.13 bits per heavy atom.